The summed E-state index contributed by atoms with van der Waals surface area (Å²) in [6, 6.07) is 9.68. The summed E-state index contributed by atoms with van der Waals surface area (Å²) in [5.74, 6) is -1.85. The van der Waals surface area contributed by atoms with Crippen molar-refractivity contribution >= 4 is 5.97 Å². The summed E-state index contributed by atoms with van der Waals surface area (Å²) in [6.07, 6.45) is -2.01. The monoisotopic (exact) mass is 308 g/mol. The molecular formula is C17H24O5. The number of esters is 1. The lowest BCUT2D eigenvalue weighted by molar-refractivity contribution is -0.167. The first-order valence-electron chi connectivity index (χ1n) is 7.61. The van der Waals surface area contributed by atoms with E-state index in [4.69, 9.17) is 14.2 Å². The van der Waals surface area contributed by atoms with Gasteiger partial charge in [-0.25, -0.2) is 4.79 Å². The molecule has 1 aliphatic rings. The highest BCUT2D eigenvalue weighted by molar-refractivity contribution is 5.74. The predicted molar refractivity (Wildman–Crippen MR) is 81.0 cm³/mol. The second-order valence-electron chi connectivity index (χ2n) is 5.99. The number of carbonyl (C=O) groups excluding carboxylic acids is 1. The Morgan fingerprint density at radius 1 is 1.32 bits per heavy atom. The summed E-state index contributed by atoms with van der Waals surface area (Å²) < 4.78 is 16.8. The lowest BCUT2D eigenvalue weighted by atomic mass is 9.91. The third-order valence-corrected chi connectivity index (χ3v) is 3.80. The minimum atomic E-state index is -1.24. The molecule has 0 aromatic heterocycles. The Balaban J connectivity index is 2.21. The average molecular weight is 308 g/mol. The molecule has 0 amide bonds. The van der Waals surface area contributed by atoms with E-state index in [0.29, 0.717) is 0 Å². The molecule has 1 heterocycles. The number of aliphatic hydroxyl groups excluding tert-OH is 1. The second-order valence-corrected chi connectivity index (χ2v) is 5.99. The van der Waals surface area contributed by atoms with Crippen LogP contribution in [0.25, 0.3) is 0 Å². The summed E-state index contributed by atoms with van der Waals surface area (Å²) in [6.45, 7) is 7.37. The van der Waals surface area contributed by atoms with Gasteiger partial charge in [-0.15, -0.1) is 0 Å². The van der Waals surface area contributed by atoms with E-state index in [0.717, 1.165) is 5.56 Å². The molecule has 0 unspecified atom stereocenters. The molecule has 5 nitrogen and oxygen atoms in total. The Bertz CT molecular complexity index is 499. The number of hydrogen-bond donors (Lipinski definition) is 1. The smallest absolute Gasteiger partial charge is 0.335 e. The van der Waals surface area contributed by atoms with Crippen molar-refractivity contribution in [3.05, 3.63) is 35.9 Å². The van der Waals surface area contributed by atoms with Crippen LogP contribution in [0.3, 0.4) is 0 Å². The van der Waals surface area contributed by atoms with Crippen LogP contribution in [0.4, 0.5) is 0 Å². The van der Waals surface area contributed by atoms with E-state index in [9.17, 15) is 9.90 Å². The van der Waals surface area contributed by atoms with E-state index in [-0.39, 0.29) is 12.7 Å². The van der Waals surface area contributed by atoms with E-state index in [1.807, 2.05) is 44.2 Å². The van der Waals surface area contributed by atoms with Gasteiger partial charge in [-0.05, 0) is 26.3 Å². The van der Waals surface area contributed by atoms with Crippen LogP contribution in [0.15, 0.2) is 30.3 Å². The minimum Gasteiger partial charge on any atom is -0.464 e. The summed E-state index contributed by atoms with van der Waals surface area (Å²) in [7, 11) is 0. The van der Waals surface area contributed by atoms with Gasteiger partial charge in [0.05, 0.1) is 12.7 Å². The minimum absolute atomic E-state index is 0.234. The van der Waals surface area contributed by atoms with E-state index in [1.165, 1.54) is 0 Å². The molecule has 0 spiro atoms. The van der Waals surface area contributed by atoms with Gasteiger partial charge < -0.3 is 19.3 Å². The molecule has 0 radical (unpaired) electrons. The highest BCUT2D eigenvalue weighted by Gasteiger charge is 2.47. The van der Waals surface area contributed by atoms with Gasteiger partial charge in [0, 0.05) is 5.92 Å². The normalized spacial score (nSPS) is 26.4. The maximum absolute atomic E-state index is 11.8. The molecule has 1 aromatic carbocycles. The summed E-state index contributed by atoms with van der Waals surface area (Å²) in [4.78, 5) is 11.8. The molecule has 0 aliphatic carbocycles. The van der Waals surface area contributed by atoms with Gasteiger partial charge in [-0.3, -0.25) is 0 Å². The standard InChI is InChI=1S/C17H24O5/c1-5-20-16(19)13(18)11(2)14-15(22-17(3,4)21-14)12-9-7-6-8-10-12/h6-11,13-15,18H,5H2,1-4H3/t11-,13+,14+,15+/m0/s1. The van der Waals surface area contributed by atoms with Gasteiger partial charge in [0.1, 0.15) is 6.10 Å². The summed E-state index contributed by atoms with van der Waals surface area (Å²) >= 11 is 0. The highest BCUT2D eigenvalue weighted by Crippen LogP contribution is 2.42. The van der Waals surface area contributed by atoms with E-state index in [2.05, 4.69) is 0 Å². The summed E-state index contributed by atoms with van der Waals surface area (Å²) in [5, 5.41) is 10.2. The van der Waals surface area contributed by atoms with Gasteiger partial charge >= 0.3 is 5.97 Å². The van der Waals surface area contributed by atoms with Crippen LogP contribution in [0.2, 0.25) is 0 Å². The third-order valence-electron chi connectivity index (χ3n) is 3.80. The molecule has 4 atom stereocenters. The van der Waals surface area contributed by atoms with Crippen LogP contribution in [0.1, 0.15) is 39.4 Å². The molecule has 5 heteroatoms. The topological polar surface area (TPSA) is 65.0 Å². The number of rotatable bonds is 5. The van der Waals surface area contributed by atoms with Gasteiger partial charge in [-0.1, -0.05) is 37.3 Å². The Hall–Kier alpha value is -1.43. The fraction of sp³-hybridized carbons (Fsp3) is 0.588. The van der Waals surface area contributed by atoms with Crippen molar-refractivity contribution in [1.29, 1.82) is 0 Å². The molecule has 2 rings (SSSR count). The number of aliphatic hydroxyl groups is 1. The Labute approximate surface area is 131 Å². The van der Waals surface area contributed by atoms with Crippen molar-refractivity contribution < 1.29 is 24.1 Å². The number of carbonyl (C=O) groups is 1. The van der Waals surface area contributed by atoms with Crippen LogP contribution >= 0.6 is 0 Å². The Morgan fingerprint density at radius 2 is 1.95 bits per heavy atom. The molecule has 1 fully saturated rings. The fourth-order valence-electron chi connectivity index (χ4n) is 2.70. The van der Waals surface area contributed by atoms with Crippen LogP contribution in [-0.2, 0) is 19.0 Å². The van der Waals surface area contributed by atoms with E-state index in [1.54, 1.807) is 13.8 Å². The zero-order chi connectivity index (χ0) is 16.3. The van der Waals surface area contributed by atoms with Gasteiger partial charge in [-0.2, -0.15) is 0 Å². The molecule has 0 bridgehead atoms. The molecular weight excluding hydrogens is 284 g/mol. The molecule has 0 saturated carbocycles. The highest BCUT2D eigenvalue weighted by atomic mass is 16.8. The molecule has 1 saturated heterocycles. The fourth-order valence-corrected chi connectivity index (χ4v) is 2.70. The average Bonchev–Trinajstić information content (AvgIpc) is 2.83. The SMILES string of the molecule is CCOC(=O)[C@H](O)[C@H](C)[C@H]1OC(C)(C)O[C@@H]1c1ccccc1. The second kappa shape index (κ2) is 6.77. The van der Waals surface area contributed by atoms with Crippen LogP contribution in [0, 0.1) is 5.92 Å². The lowest BCUT2D eigenvalue weighted by Gasteiger charge is -2.26. The first-order valence-corrected chi connectivity index (χ1v) is 7.61. The van der Waals surface area contributed by atoms with E-state index >= 15 is 0 Å². The molecule has 1 aliphatic heterocycles. The summed E-state index contributed by atoms with van der Waals surface area (Å²) in [5.41, 5.74) is 0.959. The molecule has 1 N–H and O–H groups in total. The first kappa shape index (κ1) is 16.9. The molecule has 1 aromatic rings. The number of hydrogen-bond acceptors (Lipinski definition) is 5. The van der Waals surface area contributed by atoms with Crippen LogP contribution < -0.4 is 0 Å². The zero-order valence-electron chi connectivity index (χ0n) is 13.5. The Morgan fingerprint density at radius 3 is 2.55 bits per heavy atom. The Kier molecular flexibility index (Phi) is 5.21. The maximum atomic E-state index is 11.8. The number of benzene rings is 1. The third kappa shape index (κ3) is 3.66. The van der Waals surface area contributed by atoms with Crippen molar-refractivity contribution in [2.45, 2.75) is 51.8 Å². The van der Waals surface area contributed by atoms with Gasteiger partial charge in [0.2, 0.25) is 0 Å². The van der Waals surface area contributed by atoms with Gasteiger partial charge in [0.15, 0.2) is 11.9 Å². The van der Waals surface area contributed by atoms with Crippen molar-refractivity contribution in [3.8, 4) is 0 Å². The predicted octanol–water partition coefficient (Wildman–Crippen LogP) is 2.44. The molecule has 122 valence electrons. The molecule has 22 heavy (non-hydrogen) atoms. The van der Waals surface area contributed by atoms with Crippen LogP contribution in [0.5, 0.6) is 0 Å². The first-order chi connectivity index (χ1) is 10.4. The van der Waals surface area contributed by atoms with Crippen molar-refractivity contribution in [1.82, 2.24) is 0 Å². The van der Waals surface area contributed by atoms with Crippen molar-refractivity contribution in [3.63, 3.8) is 0 Å². The number of ether oxygens (including phenoxy) is 3. The largest absolute Gasteiger partial charge is 0.464 e. The van der Waals surface area contributed by atoms with Crippen LogP contribution in [-0.4, -0.2) is 35.7 Å². The lowest BCUT2D eigenvalue weighted by Crippen LogP contribution is -2.39. The van der Waals surface area contributed by atoms with E-state index < -0.39 is 29.9 Å². The van der Waals surface area contributed by atoms with Crippen molar-refractivity contribution in [2.75, 3.05) is 6.61 Å². The van der Waals surface area contributed by atoms with Crippen molar-refractivity contribution in [2.24, 2.45) is 5.92 Å². The quantitative estimate of drug-likeness (QED) is 0.846. The van der Waals surface area contributed by atoms with Gasteiger partial charge in [0.25, 0.3) is 0 Å². The zero-order valence-corrected chi connectivity index (χ0v) is 13.5. The maximum Gasteiger partial charge on any atom is 0.335 e.